The molecule has 0 aromatic heterocycles. The van der Waals surface area contributed by atoms with Gasteiger partial charge >= 0.3 is 5.97 Å². The molecule has 7 nitrogen and oxygen atoms in total. The van der Waals surface area contributed by atoms with E-state index in [1.54, 1.807) is 20.8 Å². The van der Waals surface area contributed by atoms with Crippen molar-refractivity contribution < 1.29 is 34.5 Å². The van der Waals surface area contributed by atoms with Crippen molar-refractivity contribution in [1.29, 1.82) is 0 Å². The topological polar surface area (TPSA) is 129 Å². The summed E-state index contributed by atoms with van der Waals surface area (Å²) in [6.07, 6.45) is -2.17. The van der Waals surface area contributed by atoms with E-state index in [0.717, 1.165) is 0 Å². The highest BCUT2D eigenvalue weighted by atomic mass is 16.4. The van der Waals surface area contributed by atoms with E-state index in [-0.39, 0.29) is 18.6 Å². The van der Waals surface area contributed by atoms with Crippen molar-refractivity contribution in [3.63, 3.8) is 0 Å². The molecule has 31 heavy (non-hydrogen) atoms. The summed E-state index contributed by atoms with van der Waals surface area (Å²) in [6.45, 7) is 13.7. The van der Waals surface area contributed by atoms with E-state index in [0.29, 0.717) is 12.0 Å². The Morgan fingerprint density at radius 2 is 1.68 bits per heavy atom. The number of hydrogen-bond acceptors (Lipinski definition) is 6. The highest BCUT2D eigenvalue weighted by Gasteiger charge is 2.74. The number of aliphatic carboxylic acids is 1. The van der Waals surface area contributed by atoms with Crippen LogP contribution in [0.15, 0.2) is 12.2 Å². The van der Waals surface area contributed by atoms with Crippen LogP contribution in [0.25, 0.3) is 0 Å². The molecular formula is C24H34O7. The predicted molar refractivity (Wildman–Crippen MR) is 112 cm³/mol. The van der Waals surface area contributed by atoms with E-state index >= 15 is 0 Å². The van der Waals surface area contributed by atoms with Gasteiger partial charge in [0.05, 0.1) is 11.3 Å². The second-order valence-electron chi connectivity index (χ2n) is 11.1. The maximum atomic E-state index is 13.6. The summed E-state index contributed by atoms with van der Waals surface area (Å²) in [5.41, 5.74) is -4.46. The highest BCUT2D eigenvalue weighted by Crippen LogP contribution is 2.70. The third-order valence-electron chi connectivity index (χ3n) is 9.20. The minimum Gasteiger partial charge on any atom is -0.481 e. The molecule has 0 heterocycles. The van der Waals surface area contributed by atoms with Gasteiger partial charge in [0.15, 0.2) is 11.6 Å². The molecule has 0 aromatic rings. The van der Waals surface area contributed by atoms with Crippen LogP contribution in [0.5, 0.6) is 0 Å². The Morgan fingerprint density at radius 1 is 1.13 bits per heavy atom. The van der Waals surface area contributed by atoms with Crippen molar-refractivity contribution in [1.82, 2.24) is 0 Å². The summed E-state index contributed by atoms with van der Waals surface area (Å²) >= 11 is 0. The molecule has 3 N–H and O–H groups in total. The molecule has 3 aliphatic carbocycles. The molecule has 172 valence electrons. The minimum atomic E-state index is -1.66. The lowest BCUT2D eigenvalue weighted by atomic mass is 9.35. The van der Waals surface area contributed by atoms with Crippen LogP contribution >= 0.6 is 0 Å². The van der Waals surface area contributed by atoms with Gasteiger partial charge in [-0.1, -0.05) is 39.8 Å². The van der Waals surface area contributed by atoms with E-state index in [1.165, 1.54) is 13.8 Å². The average molecular weight is 435 g/mol. The fraction of sp³-hybridized carbons (Fsp3) is 0.750. The van der Waals surface area contributed by atoms with Gasteiger partial charge in [0, 0.05) is 23.2 Å². The molecule has 3 rings (SSSR count). The zero-order chi connectivity index (χ0) is 23.9. The zero-order valence-corrected chi connectivity index (χ0v) is 19.2. The van der Waals surface area contributed by atoms with Crippen molar-refractivity contribution in [2.75, 3.05) is 0 Å². The largest absolute Gasteiger partial charge is 0.481 e. The number of fused-ring (bicyclic) bond motifs is 3. The number of Topliss-reactive ketones (excluding diaryl/α,β-unsaturated/α-hetero) is 3. The average Bonchev–Trinajstić information content (AvgIpc) is 2.65. The van der Waals surface area contributed by atoms with Crippen molar-refractivity contribution >= 4 is 23.3 Å². The second kappa shape index (κ2) is 6.82. The molecule has 0 unspecified atom stereocenters. The molecule has 0 aromatic carbocycles. The van der Waals surface area contributed by atoms with Gasteiger partial charge in [-0.15, -0.1) is 0 Å². The second-order valence-corrected chi connectivity index (χ2v) is 11.1. The van der Waals surface area contributed by atoms with Crippen LogP contribution in [-0.4, -0.2) is 50.8 Å². The maximum Gasteiger partial charge on any atom is 0.308 e. The molecule has 7 heteroatoms. The molecule has 0 aliphatic heterocycles. The van der Waals surface area contributed by atoms with E-state index in [4.69, 9.17) is 0 Å². The van der Waals surface area contributed by atoms with Gasteiger partial charge in [-0.3, -0.25) is 19.2 Å². The van der Waals surface area contributed by atoms with E-state index < -0.39 is 69.2 Å². The Kier molecular flexibility index (Phi) is 5.23. The van der Waals surface area contributed by atoms with Crippen molar-refractivity contribution in [3.05, 3.63) is 12.2 Å². The molecule has 3 aliphatic rings. The van der Waals surface area contributed by atoms with E-state index in [1.807, 2.05) is 6.92 Å². The minimum absolute atomic E-state index is 0.0438. The summed E-state index contributed by atoms with van der Waals surface area (Å²) < 4.78 is 0. The van der Waals surface area contributed by atoms with Crippen LogP contribution in [0, 0.1) is 39.4 Å². The number of allylic oxidation sites excluding steroid dienone is 1. The van der Waals surface area contributed by atoms with Crippen LogP contribution < -0.4 is 0 Å². The molecule has 0 bridgehead atoms. The SMILES string of the molecule is C=C1C[C@H]2[C@]3(C)CCC(=O)C(C)(C)[C@H]3C(=O)[C@@H](O)[C@]2(C)[C@@H](C(=O)O)[C@]1(C)C(=O)[C@H](C)O. The number of hydrogen-bond donors (Lipinski definition) is 3. The van der Waals surface area contributed by atoms with Crippen molar-refractivity contribution in [2.45, 2.75) is 73.0 Å². The van der Waals surface area contributed by atoms with E-state index in [2.05, 4.69) is 6.58 Å². The first-order chi connectivity index (χ1) is 14.0. The van der Waals surface area contributed by atoms with Gasteiger partial charge in [-0.2, -0.15) is 0 Å². The van der Waals surface area contributed by atoms with Crippen molar-refractivity contribution in [2.24, 2.45) is 39.4 Å². The number of rotatable bonds is 3. The molecule has 8 atom stereocenters. The third kappa shape index (κ3) is 2.72. The molecule has 0 radical (unpaired) electrons. The number of aliphatic hydroxyl groups is 2. The molecule has 3 fully saturated rings. The van der Waals surface area contributed by atoms with Crippen LogP contribution in [0.2, 0.25) is 0 Å². The maximum absolute atomic E-state index is 13.6. The first-order valence-corrected chi connectivity index (χ1v) is 10.9. The normalized spacial score (nSPS) is 45.5. The van der Waals surface area contributed by atoms with Crippen LogP contribution in [0.3, 0.4) is 0 Å². The monoisotopic (exact) mass is 434 g/mol. The Morgan fingerprint density at radius 3 is 2.16 bits per heavy atom. The van der Waals surface area contributed by atoms with Gasteiger partial charge in [0.1, 0.15) is 18.0 Å². The van der Waals surface area contributed by atoms with Gasteiger partial charge in [0.2, 0.25) is 0 Å². The quantitative estimate of drug-likeness (QED) is 0.581. The van der Waals surface area contributed by atoms with Crippen LogP contribution in [-0.2, 0) is 19.2 Å². The number of aliphatic hydroxyl groups excluding tert-OH is 2. The fourth-order valence-electron chi connectivity index (χ4n) is 7.62. The molecular weight excluding hydrogens is 400 g/mol. The molecule has 3 saturated carbocycles. The summed E-state index contributed by atoms with van der Waals surface area (Å²) in [5, 5.41) is 31.7. The van der Waals surface area contributed by atoms with Gasteiger partial charge in [-0.25, -0.2) is 0 Å². The Bertz CT molecular complexity index is 886. The Balaban J connectivity index is 2.29. The first kappa shape index (κ1) is 23.8. The van der Waals surface area contributed by atoms with Crippen molar-refractivity contribution in [3.8, 4) is 0 Å². The van der Waals surface area contributed by atoms with E-state index in [9.17, 15) is 34.5 Å². The van der Waals surface area contributed by atoms with Crippen LogP contribution in [0.1, 0.15) is 60.8 Å². The standard InChI is InChI=1S/C24H34O7/c1-11-10-13-22(5)9-8-14(26)21(3,4)16(22)15(27)19(29)24(13,7)17(20(30)31)23(11,6)18(28)12(2)25/h12-13,16-17,19,25,29H,1,8-10H2,2-7H3,(H,30,31)/t12-,13-,16+,17-,19+,22-,23+,24-/m0/s1. The lowest BCUT2D eigenvalue weighted by Gasteiger charge is -2.67. The molecule has 0 amide bonds. The van der Waals surface area contributed by atoms with Gasteiger partial charge < -0.3 is 15.3 Å². The molecule has 0 saturated heterocycles. The smallest absolute Gasteiger partial charge is 0.308 e. The Hall–Kier alpha value is -1.86. The summed E-state index contributed by atoms with van der Waals surface area (Å²) in [5.74, 6) is -5.27. The summed E-state index contributed by atoms with van der Waals surface area (Å²) in [7, 11) is 0. The summed E-state index contributed by atoms with van der Waals surface area (Å²) in [6, 6.07) is 0. The number of carbonyl (C=O) groups excluding carboxylic acids is 3. The lowest BCUT2D eigenvalue weighted by Crippen LogP contribution is -2.72. The Labute approximate surface area is 182 Å². The highest BCUT2D eigenvalue weighted by molar-refractivity contribution is 5.99. The zero-order valence-electron chi connectivity index (χ0n) is 19.2. The first-order valence-electron chi connectivity index (χ1n) is 10.9. The molecule has 0 spiro atoms. The number of carbonyl (C=O) groups is 4. The lowest BCUT2D eigenvalue weighted by molar-refractivity contribution is -0.220. The number of ketones is 3. The summed E-state index contributed by atoms with van der Waals surface area (Å²) in [4.78, 5) is 52.0. The predicted octanol–water partition coefficient (Wildman–Crippen LogP) is 2.18. The fourth-order valence-corrected chi connectivity index (χ4v) is 7.62. The number of carboxylic acids is 1. The van der Waals surface area contributed by atoms with Crippen LogP contribution in [0.4, 0.5) is 0 Å². The van der Waals surface area contributed by atoms with Gasteiger partial charge in [-0.05, 0) is 38.0 Å². The number of carboxylic acid groups (broad SMARTS) is 1. The third-order valence-corrected chi connectivity index (χ3v) is 9.20. The van der Waals surface area contributed by atoms with Gasteiger partial charge in [0.25, 0.3) is 0 Å².